The van der Waals surface area contributed by atoms with Crippen molar-refractivity contribution in [3.05, 3.63) is 228 Å². The molecule has 410 valence electrons. The van der Waals surface area contributed by atoms with E-state index in [1.165, 1.54) is 69.4 Å². The van der Waals surface area contributed by atoms with Crippen molar-refractivity contribution in [3.63, 3.8) is 0 Å². The summed E-state index contributed by atoms with van der Waals surface area (Å²) in [4.78, 5) is 60.9. The first-order valence-corrected chi connectivity index (χ1v) is 27.4. The monoisotopic (exact) mass is 1230 g/mol. The first-order valence-electron chi connectivity index (χ1n) is 24.8. The van der Waals surface area contributed by atoms with Crippen molar-refractivity contribution >= 4 is 82.0 Å². The van der Waals surface area contributed by atoms with Crippen molar-refractivity contribution in [2.75, 3.05) is 0 Å². The molecule has 6 N–H and O–H groups in total. The number of ether oxygens (including phenoxy) is 4. The number of rotatable bonds is 24. The molecule has 8 rings (SSSR count). The van der Waals surface area contributed by atoms with Crippen molar-refractivity contribution in [1.82, 2.24) is 25.6 Å². The second-order valence-electron chi connectivity index (χ2n) is 17.6. The zero-order chi connectivity index (χ0) is 54.3. The van der Waals surface area contributed by atoms with E-state index in [9.17, 15) is 24.5 Å². The van der Waals surface area contributed by atoms with Crippen LogP contribution in [0.3, 0.4) is 0 Å². The molecule has 3 aromatic heterocycles. The zero-order valence-corrected chi connectivity index (χ0v) is 47.4. The van der Waals surface area contributed by atoms with E-state index in [0.29, 0.717) is 25.7 Å². The Morgan fingerprint density at radius 2 is 0.846 bits per heavy atom. The summed E-state index contributed by atoms with van der Waals surface area (Å²) in [6, 6.07) is 46.0. The summed E-state index contributed by atoms with van der Waals surface area (Å²) in [5, 5.41) is 16.5. The summed E-state index contributed by atoms with van der Waals surface area (Å²) in [5.41, 5.74) is 22.2. The molecule has 8 aromatic rings. The molecule has 2 amide bonds. The van der Waals surface area contributed by atoms with E-state index in [-0.39, 0.29) is 79.4 Å². The molecule has 4 atom stereocenters. The number of hydrogen-bond acceptors (Lipinski definition) is 17. The average Bonchev–Trinajstić information content (AvgIpc) is 4.29. The lowest BCUT2D eigenvalue weighted by Crippen LogP contribution is -2.41. The van der Waals surface area contributed by atoms with Crippen LogP contribution in [0.2, 0.25) is 0 Å². The summed E-state index contributed by atoms with van der Waals surface area (Å²) in [5.74, 6) is 0.180. The average molecular weight is 1230 g/mol. The van der Waals surface area contributed by atoms with E-state index in [1.54, 1.807) is 35.1 Å². The number of aromatic nitrogens is 3. The van der Waals surface area contributed by atoms with Gasteiger partial charge in [-0.2, -0.15) is 0 Å². The number of nitrogens with zero attached hydrogens (tertiary/aromatic N) is 4. The second-order valence-corrected chi connectivity index (χ2v) is 20.5. The van der Waals surface area contributed by atoms with Gasteiger partial charge in [0.25, 0.3) is 5.69 Å². The molecule has 0 aliphatic heterocycles. The van der Waals surface area contributed by atoms with Gasteiger partial charge in [0.15, 0.2) is 0 Å². The second kappa shape index (κ2) is 35.3. The molecular formula is C57H63IN8O9S3. The molecule has 78 heavy (non-hydrogen) atoms. The van der Waals surface area contributed by atoms with Crippen LogP contribution in [0.5, 0.6) is 5.75 Å². The third-order valence-electron chi connectivity index (χ3n) is 11.5. The van der Waals surface area contributed by atoms with Crippen LogP contribution in [-0.4, -0.2) is 62.4 Å². The Kier molecular flexibility index (Phi) is 27.9. The molecule has 0 aliphatic carbocycles. The lowest BCUT2D eigenvalue weighted by atomic mass is 9.96. The quantitative estimate of drug-likeness (QED) is 0.0110. The van der Waals surface area contributed by atoms with Gasteiger partial charge < -0.3 is 41.0 Å². The van der Waals surface area contributed by atoms with Crippen LogP contribution in [0.4, 0.5) is 20.1 Å². The first kappa shape index (κ1) is 61.7. The van der Waals surface area contributed by atoms with Gasteiger partial charge in [-0.05, 0) is 85.8 Å². The molecule has 0 fully saturated rings. The summed E-state index contributed by atoms with van der Waals surface area (Å²) in [6.07, 6.45) is 9.51. The highest BCUT2D eigenvalue weighted by Crippen LogP contribution is 2.19. The number of nitro benzene ring substituents is 1. The van der Waals surface area contributed by atoms with Crippen LogP contribution in [0.15, 0.2) is 181 Å². The molecular weight excluding hydrogens is 1160 g/mol. The number of nitro groups is 1. The van der Waals surface area contributed by atoms with Crippen molar-refractivity contribution in [2.24, 2.45) is 11.5 Å². The number of benzene rings is 5. The van der Waals surface area contributed by atoms with Crippen LogP contribution in [-0.2, 0) is 59.7 Å². The van der Waals surface area contributed by atoms with Gasteiger partial charge in [0, 0.05) is 54.9 Å². The van der Waals surface area contributed by atoms with Gasteiger partial charge in [-0.1, -0.05) is 121 Å². The number of alkyl carbamates (subject to hydrolysis) is 2. The number of nitrogens with one attached hydrogen (secondary N) is 2. The van der Waals surface area contributed by atoms with E-state index in [1.807, 2.05) is 72.8 Å². The number of thiazole rings is 3. The summed E-state index contributed by atoms with van der Waals surface area (Å²) < 4.78 is 20.5. The Bertz CT molecular complexity index is 2740. The van der Waals surface area contributed by atoms with Gasteiger partial charge >= 0.3 is 18.3 Å². The maximum atomic E-state index is 12.6. The summed E-state index contributed by atoms with van der Waals surface area (Å²) >= 11 is 4.24. The molecule has 0 saturated carbocycles. The SMILES string of the molecule is I.N[C@H](CC[C@@H](N)Cc1ccccc1)Cc1ccccc1.O=C(N[C@H](CC[C@H](Cc1ccccc1)NC(=O)OCc1cncs1)Cc1ccccc1)OCc1cncs1.O=C(OCc1cncs1)Oc1ccc([N+](=O)[O-])cc1. The fraction of sp³-hybridized carbons (Fsp3) is 0.263. The minimum Gasteiger partial charge on any atom is -0.444 e. The highest BCUT2D eigenvalue weighted by Gasteiger charge is 2.20. The third kappa shape index (κ3) is 24.9. The van der Waals surface area contributed by atoms with Crippen LogP contribution >= 0.6 is 58.0 Å². The minimum absolute atomic E-state index is 0. The normalized spacial score (nSPS) is 12.0. The number of hydrogen-bond donors (Lipinski definition) is 4. The van der Waals surface area contributed by atoms with Gasteiger partial charge in [-0.3, -0.25) is 25.1 Å². The highest BCUT2D eigenvalue weighted by molar-refractivity contribution is 14.0. The van der Waals surface area contributed by atoms with Crippen molar-refractivity contribution in [3.8, 4) is 5.75 Å². The van der Waals surface area contributed by atoms with Crippen molar-refractivity contribution in [1.29, 1.82) is 0 Å². The first-order chi connectivity index (χ1) is 37.5. The topological polar surface area (TPSA) is 246 Å². The van der Waals surface area contributed by atoms with Gasteiger partial charge in [-0.25, -0.2) is 14.4 Å². The molecule has 0 radical (unpaired) electrons. The van der Waals surface area contributed by atoms with Crippen LogP contribution in [0, 0.1) is 10.1 Å². The predicted octanol–water partition coefficient (Wildman–Crippen LogP) is 12.0. The van der Waals surface area contributed by atoms with Gasteiger partial charge in [0.1, 0.15) is 25.6 Å². The molecule has 21 heteroatoms. The fourth-order valence-corrected chi connectivity index (χ4v) is 9.16. The number of nitrogens with two attached hydrogens (primary N) is 2. The molecule has 3 heterocycles. The molecule has 17 nitrogen and oxygen atoms in total. The maximum Gasteiger partial charge on any atom is 0.514 e. The smallest absolute Gasteiger partial charge is 0.444 e. The van der Waals surface area contributed by atoms with E-state index >= 15 is 0 Å². The van der Waals surface area contributed by atoms with Crippen LogP contribution in [0.1, 0.15) is 62.6 Å². The molecule has 0 aliphatic rings. The largest absolute Gasteiger partial charge is 0.514 e. The third-order valence-corrected chi connectivity index (χ3v) is 13.7. The lowest BCUT2D eigenvalue weighted by molar-refractivity contribution is -0.384. The molecule has 0 saturated heterocycles. The standard InChI is InChI=1S/C28H30N4O4S2.C18H24N2.C11H8N2O5S.HI/c33-27(35-17-25-15-29-19-37-25)31-23(13-21-7-3-1-4-8-21)11-12-24(14-22-9-5-2-6-10-22)32-28(34)36-18-26-16-30-20-38-26;19-17(13-15-7-3-1-4-8-15)11-12-18(20)14-16-9-5-2-6-10-16;14-11(17-6-10-5-12-7-19-10)18-9-3-1-8(2-4-9)13(15)16;/h1-10,15-16,19-20,23-24H,11-14,17-18H2,(H,31,33)(H,32,34);1-10,17-18H,11-14,19-20H2;1-5,7H,6H2;1H/t23-,24-;17-,18-;;/m11../s1. The van der Waals surface area contributed by atoms with Gasteiger partial charge in [0.2, 0.25) is 0 Å². The zero-order valence-electron chi connectivity index (χ0n) is 42.7. The Labute approximate surface area is 483 Å². The number of non-ortho nitro benzene ring substituents is 1. The summed E-state index contributed by atoms with van der Waals surface area (Å²) in [6.45, 7) is 0.438. The highest BCUT2D eigenvalue weighted by atomic mass is 127. The molecule has 0 bridgehead atoms. The predicted molar refractivity (Wildman–Crippen MR) is 315 cm³/mol. The van der Waals surface area contributed by atoms with Crippen LogP contribution < -0.4 is 26.8 Å². The molecule has 0 spiro atoms. The Balaban J connectivity index is 0.000000236. The van der Waals surface area contributed by atoms with Gasteiger partial charge in [0.05, 0.1) is 36.1 Å². The fourth-order valence-electron chi connectivity index (χ4n) is 7.64. The van der Waals surface area contributed by atoms with E-state index in [4.69, 9.17) is 30.4 Å². The number of carbonyl (C=O) groups is 3. The number of carbonyl (C=O) groups excluding carboxylic acids is 3. The van der Waals surface area contributed by atoms with Crippen LogP contribution in [0.25, 0.3) is 0 Å². The number of amides is 2. The van der Waals surface area contributed by atoms with E-state index < -0.39 is 23.3 Å². The number of halogens is 1. The van der Waals surface area contributed by atoms with E-state index in [2.05, 4.69) is 74.1 Å². The lowest BCUT2D eigenvalue weighted by Gasteiger charge is -2.23. The Hall–Kier alpha value is -7.15. The van der Waals surface area contributed by atoms with Crippen molar-refractivity contribution in [2.45, 2.75) is 95.4 Å². The Morgan fingerprint density at radius 3 is 1.18 bits per heavy atom. The Morgan fingerprint density at radius 1 is 0.500 bits per heavy atom. The molecule has 5 aromatic carbocycles. The van der Waals surface area contributed by atoms with Gasteiger partial charge in [-0.15, -0.1) is 58.0 Å². The molecule has 0 unspecified atom stereocenters. The maximum absolute atomic E-state index is 12.6. The summed E-state index contributed by atoms with van der Waals surface area (Å²) in [7, 11) is 0. The van der Waals surface area contributed by atoms with Crippen molar-refractivity contribution < 1.29 is 38.3 Å². The van der Waals surface area contributed by atoms with E-state index in [0.717, 1.165) is 51.4 Å². The minimum atomic E-state index is -0.873.